The number of para-hydroxylation sites is 1. The molecule has 1 aliphatic heterocycles. The molecule has 0 fully saturated rings. The van der Waals surface area contributed by atoms with Gasteiger partial charge < -0.3 is 5.32 Å². The van der Waals surface area contributed by atoms with Crippen LogP contribution < -0.4 is 5.32 Å². The normalized spacial score (nSPS) is 18.2. The topological polar surface area (TPSA) is 12.0 Å². The first-order valence-corrected chi connectivity index (χ1v) is 6.54. The van der Waals surface area contributed by atoms with Crippen LogP contribution in [0.15, 0.2) is 30.3 Å². The molecule has 1 unspecified atom stereocenters. The van der Waals surface area contributed by atoms with Crippen LogP contribution in [0.2, 0.25) is 4.34 Å². The number of aryl methyl sites for hydroxylation is 1. The van der Waals surface area contributed by atoms with Gasteiger partial charge in [-0.1, -0.05) is 29.8 Å². The van der Waals surface area contributed by atoms with Gasteiger partial charge in [-0.3, -0.25) is 0 Å². The molecule has 1 N–H and O–H groups in total. The van der Waals surface area contributed by atoms with Gasteiger partial charge in [-0.05, 0) is 36.6 Å². The molecule has 2 aromatic rings. The lowest BCUT2D eigenvalue weighted by atomic mass is 10.1. The predicted molar refractivity (Wildman–Crippen MR) is 70.6 cm³/mol. The molecule has 0 aliphatic carbocycles. The highest BCUT2D eigenvalue weighted by Crippen LogP contribution is 2.39. The molecule has 0 radical (unpaired) electrons. The van der Waals surface area contributed by atoms with Crippen LogP contribution in [0.25, 0.3) is 0 Å². The number of nitrogens with one attached hydrogen (secondary N) is 1. The highest BCUT2D eigenvalue weighted by molar-refractivity contribution is 7.16. The fourth-order valence-electron chi connectivity index (χ4n) is 2.24. The van der Waals surface area contributed by atoms with E-state index < -0.39 is 0 Å². The Kier molecular flexibility index (Phi) is 2.41. The van der Waals surface area contributed by atoms with Crippen molar-refractivity contribution >= 4 is 28.6 Å². The van der Waals surface area contributed by atoms with Crippen molar-refractivity contribution < 1.29 is 0 Å². The Morgan fingerprint density at radius 3 is 2.88 bits per heavy atom. The Hall–Kier alpha value is -0.990. The Bertz CT molecular complexity index is 532. The van der Waals surface area contributed by atoms with E-state index in [1.54, 1.807) is 11.3 Å². The van der Waals surface area contributed by atoms with Crippen LogP contribution in [0.4, 0.5) is 5.69 Å². The quantitative estimate of drug-likeness (QED) is 0.789. The van der Waals surface area contributed by atoms with Gasteiger partial charge in [0, 0.05) is 10.6 Å². The number of benzene rings is 1. The molecule has 3 rings (SSSR count). The largest absolute Gasteiger partial charge is 0.377 e. The maximum atomic E-state index is 5.97. The molecule has 2 heterocycles. The molecule has 82 valence electrons. The van der Waals surface area contributed by atoms with Gasteiger partial charge in [0.25, 0.3) is 0 Å². The molecule has 0 saturated carbocycles. The third-order valence-corrected chi connectivity index (χ3v) is 4.38. The van der Waals surface area contributed by atoms with E-state index in [4.69, 9.17) is 11.6 Å². The second-order valence-corrected chi connectivity index (χ2v) is 5.90. The van der Waals surface area contributed by atoms with Gasteiger partial charge in [-0.25, -0.2) is 0 Å². The van der Waals surface area contributed by atoms with Gasteiger partial charge in [0.15, 0.2) is 0 Å². The van der Waals surface area contributed by atoms with Crippen molar-refractivity contribution in [2.45, 2.75) is 19.4 Å². The van der Waals surface area contributed by atoms with Gasteiger partial charge in [0.05, 0.1) is 10.4 Å². The molecule has 1 nitrogen and oxygen atoms in total. The first kappa shape index (κ1) is 10.2. The van der Waals surface area contributed by atoms with Crippen LogP contribution >= 0.6 is 22.9 Å². The second kappa shape index (κ2) is 3.79. The summed E-state index contributed by atoms with van der Waals surface area (Å²) in [6.45, 7) is 2.15. The maximum absolute atomic E-state index is 5.97. The summed E-state index contributed by atoms with van der Waals surface area (Å²) in [6, 6.07) is 11.0. The van der Waals surface area contributed by atoms with Gasteiger partial charge in [0.2, 0.25) is 0 Å². The molecule has 0 saturated heterocycles. The number of thiophene rings is 1. The molecular weight excluding hydrogens is 238 g/mol. The zero-order valence-corrected chi connectivity index (χ0v) is 10.5. The highest BCUT2D eigenvalue weighted by Gasteiger charge is 2.23. The van der Waals surface area contributed by atoms with Crippen LogP contribution in [-0.4, -0.2) is 0 Å². The van der Waals surface area contributed by atoms with Crippen LogP contribution in [0.1, 0.15) is 22.0 Å². The summed E-state index contributed by atoms with van der Waals surface area (Å²) in [5.74, 6) is 0. The van der Waals surface area contributed by atoms with Gasteiger partial charge in [-0.15, -0.1) is 11.3 Å². The number of hydrogen-bond donors (Lipinski definition) is 1. The predicted octanol–water partition coefficient (Wildman–Crippen LogP) is 4.42. The maximum Gasteiger partial charge on any atom is 0.0932 e. The summed E-state index contributed by atoms with van der Waals surface area (Å²) in [5.41, 5.74) is 4.04. The fourth-order valence-corrected chi connectivity index (χ4v) is 3.35. The summed E-state index contributed by atoms with van der Waals surface area (Å²) < 4.78 is 0.865. The number of halogens is 1. The van der Waals surface area contributed by atoms with E-state index in [9.17, 15) is 0 Å². The van der Waals surface area contributed by atoms with E-state index in [2.05, 4.69) is 36.5 Å². The molecule has 0 amide bonds. The smallest absolute Gasteiger partial charge is 0.0932 e. The Morgan fingerprint density at radius 1 is 1.31 bits per heavy atom. The molecule has 1 aromatic carbocycles. The molecule has 0 bridgehead atoms. The van der Waals surface area contributed by atoms with Crippen LogP contribution in [0.5, 0.6) is 0 Å². The van der Waals surface area contributed by atoms with Crippen molar-refractivity contribution in [3.8, 4) is 0 Å². The van der Waals surface area contributed by atoms with Crippen molar-refractivity contribution in [1.82, 2.24) is 0 Å². The van der Waals surface area contributed by atoms with Crippen LogP contribution in [0, 0.1) is 6.92 Å². The van der Waals surface area contributed by atoms with E-state index in [-0.39, 0.29) is 0 Å². The summed E-state index contributed by atoms with van der Waals surface area (Å²) >= 11 is 7.64. The van der Waals surface area contributed by atoms with Crippen LogP contribution in [-0.2, 0) is 6.42 Å². The lowest BCUT2D eigenvalue weighted by molar-refractivity contribution is 0.843. The first-order valence-electron chi connectivity index (χ1n) is 5.34. The number of anilines is 1. The van der Waals surface area contributed by atoms with Crippen molar-refractivity contribution in [3.05, 3.63) is 50.7 Å². The average molecular weight is 250 g/mol. The molecule has 3 heteroatoms. The van der Waals surface area contributed by atoms with Crippen molar-refractivity contribution in [2.75, 3.05) is 5.32 Å². The minimum absolute atomic E-state index is 0.397. The monoisotopic (exact) mass is 249 g/mol. The Balaban J connectivity index is 1.93. The van der Waals surface area contributed by atoms with Crippen molar-refractivity contribution in [1.29, 1.82) is 0 Å². The Morgan fingerprint density at radius 2 is 2.19 bits per heavy atom. The molecule has 16 heavy (non-hydrogen) atoms. The highest BCUT2D eigenvalue weighted by atomic mass is 35.5. The lowest BCUT2D eigenvalue weighted by Gasteiger charge is -2.09. The van der Waals surface area contributed by atoms with E-state index >= 15 is 0 Å². The Labute approximate surface area is 104 Å². The van der Waals surface area contributed by atoms with E-state index in [1.807, 2.05) is 6.07 Å². The van der Waals surface area contributed by atoms with Crippen molar-refractivity contribution in [2.24, 2.45) is 0 Å². The fraction of sp³-hybridized carbons (Fsp3) is 0.231. The summed E-state index contributed by atoms with van der Waals surface area (Å²) in [4.78, 5) is 1.32. The lowest BCUT2D eigenvalue weighted by Crippen LogP contribution is -2.03. The van der Waals surface area contributed by atoms with E-state index in [1.165, 1.54) is 21.7 Å². The molecule has 1 aliphatic rings. The van der Waals surface area contributed by atoms with Crippen LogP contribution in [0.3, 0.4) is 0 Å². The number of rotatable bonds is 1. The molecule has 1 atom stereocenters. The third-order valence-electron chi connectivity index (χ3n) is 3.04. The summed E-state index contributed by atoms with van der Waals surface area (Å²) in [5, 5.41) is 3.58. The first-order chi connectivity index (χ1) is 7.74. The summed E-state index contributed by atoms with van der Waals surface area (Å²) in [7, 11) is 0. The third kappa shape index (κ3) is 1.62. The van der Waals surface area contributed by atoms with Gasteiger partial charge in [-0.2, -0.15) is 0 Å². The van der Waals surface area contributed by atoms with Gasteiger partial charge in [0.1, 0.15) is 0 Å². The summed E-state index contributed by atoms with van der Waals surface area (Å²) in [6.07, 6.45) is 1.06. The standard InChI is InChI=1S/C13H12ClNS/c1-8-3-2-4-9-7-10(15-13(8)9)11-5-6-12(14)16-11/h2-6,10,15H,7H2,1H3. The average Bonchev–Trinajstić information content (AvgIpc) is 2.84. The van der Waals surface area contributed by atoms with Crippen molar-refractivity contribution in [3.63, 3.8) is 0 Å². The zero-order chi connectivity index (χ0) is 11.1. The van der Waals surface area contributed by atoms with E-state index in [0.717, 1.165) is 10.8 Å². The van der Waals surface area contributed by atoms with Gasteiger partial charge >= 0.3 is 0 Å². The molecule has 0 spiro atoms. The number of fused-ring (bicyclic) bond motifs is 1. The zero-order valence-electron chi connectivity index (χ0n) is 8.96. The number of hydrogen-bond acceptors (Lipinski definition) is 2. The molecule has 1 aromatic heterocycles. The second-order valence-electron chi connectivity index (χ2n) is 4.15. The minimum atomic E-state index is 0.397. The molecular formula is C13H12ClNS. The minimum Gasteiger partial charge on any atom is -0.377 e. The SMILES string of the molecule is Cc1cccc2c1NC(c1ccc(Cl)s1)C2. The van der Waals surface area contributed by atoms with E-state index in [0.29, 0.717) is 6.04 Å².